The lowest BCUT2D eigenvalue weighted by molar-refractivity contribution is -0.122. The molecule has 22 heavy (non-hydrogen) atoms. The predicted octanol–water partition coefficient (Wildman–Crippen LogP) is 1.85. The van der Waals surface area contributed by atoms with E-state index in [-0.39, 0.29) is 5.91 Å². The van der Waals surface area contributed by atoms with Gasteiger partial charge in [0, 0.05) is 19.5 Å². The molecule has 3 rings (SSSR count). The topological polar surface area (TPSA) is 59.0 Å². The number of nitrogens with zero attached hydrogens (tertiary/aromatic N) is 2. The fourth-order valence-electron chi connectivity index (χ4n) is 3.21. The van der Waals surface area contributed by atoms with Crippen molar-refractivity contribution in [2.45, 2.75) is 32.7 Å². The average molecular weight is 300 g/mol. The van der Waals surface area contributed by atoms with Crippen molar-refractivity contribution in [2.24, 2.45) is 5.92 Å². The van der Waals surface area contributed by atoms with E-state index in [0.29, 0.717) is 18.9 Å². The van der Waals surface area contributed by atoms with Gasteiger partial charge in [-0.05, 0) is 50.9 Å². The molecular formula is C17H24N4O. The molecule has 1 amide bonds. The predicted molar refractivity (Wildman–Crippen MR) is 87.7 cm³/mol. The maximum atomic E-state index is 12.0. The first-order chi connectivity index (χ1) is 10.7. The van der Waals surface area contributed by atoms with Crippen molar-refractivity contribution in [3.05, 3.63) is 30.1 Å². The fraction of sp³-hybridized carbons (Fsp3) is 0.529. The summed E-state index contributed by atoms with van der Waals surface area (Å²) < 4.78 is 2.17. The summed E-state index contributed by atoms with van der Waals surface area (Å²) in [6.07, 6.45) is 2.88. The molecule has 1 aliphatic heterocycles. The minimum atomic E-state index is 0.175. The zero-order valence-electron chi connectivity index (χ0n) is 13.1. The van der Waals surface area contributed by atoms with Crippen molar-refractivity contribution in [3.8, 4) is 0 Å². The van der Waals surface area contributed by atoms with Gasteiger partial charge >= 0.3 is 0 Å². The first kappa shape index (κ1) is 15.0. The number of rotatable bonds is 5. The third kappa shape index (κ3) is 3.47. The molecule has 1 fully saturated rings. The monoisotopic (exact) mass is 300 g/mol. The number of hydrogen-bond donors (Lipinski definition) is 2. The molecule has 1 aromatic carbocycles. The summed E-state index contributed by atoms with van der Waals surface area (Å²) in [5.74, 6) is 1.71. The van der Waals surface area contributed by atoms with Gasteiger partial charge in [0.15, 0.2) is 0 Å². The van der Waals surface area contributed by atoms with Crippen molar-refractivity contribution in [1.82, 2.24) is 20.2 Å². The minimum absolute atomic E-state index is 0.175. The van der Waals surface area contributed by atoms with Crippen molar-refractivity contribution in [2.75, 3.05) is 19.6 Å². The molecule has 0 unspecified atom stereocenters. The molecule has 5 heteroatoms. The summed E-state index contributed by atoms with van der Waals surface area (Å²) in [4.78, 5) is 16.6. The Morgan fingerprint density at radius 3 is 2.95 bits per heavy atom. The van der Waals surface area contributed by atoms with E-state index in [1.165, 1.54) is 0 Å². The zero-order chi connectivity index (χ0) is 15.4. The number of amides is 1. The van der Waals surface area contributed by atoms with Crippen LogP contribution in [0.3, 0.4) is 0 Å². The molecule has 1 saturated heterocycles. The largest absolute Gasteiger partial charge is 0.354 e. The van der Waals surface area contributed by atoms with Crippen LogP contribution in [0.4, 0.5) is 0 Å². The summed E-state index contributed by atoms with van der Waals surface area (Å²) in [6.45, 7) is 5.52. The van der Waals surface area contributed by atoms with E-state index in [9.17, 15) is 4.79 Å². The molecule has 118 valence electrons. The standard InChI is InChI=1S/C17H24N4O/c1-13-20-15-4-2-3-5-16(15)21(13)11-10-19-17(22)12-14-6-8-18-9-7-14/h2-5,14,18H,6-12H2,1H3,(H,19,22). The lowest BCUT2D eigenvalue weighted by Gasteiger charge is -2.22. The Bertz CT molecular complexity index is 643. The van der Waals surface area contributed by atoms with Crippen LogP contribution in [0.25, 0.3) is 11.0 Å². The number of hydrogen-bond acceptors (Lipinski definition) is 3. The highest BCUT2D eigenvalue weighted by atomic mass is 16.1. The number of piperidine rings is 1. The number of imidazole rings is 1. The molecule has 0 bridgehead atoms. The molecule has 1 aliphatic rings. The van der Waals surface area contributed by atoms with Crippen molar-refractivity contribution in [3.63, 3.8) is 0 Å². The first-order valence-corrected chi connectivity index (χ1v) is 8.13. The van der Waals surface area contributed by atoms with Gasteiger partial charge in [0.25, 0.3) is 0 Å². The Morgan fingerprint density at radius 2 is 2.14 bits per heavy atom. The van der Waals surface area contributed by atoms with Crippen LogP contribution in [0.5, 0.6) is 0 Å². The van der Waals surface area contributed by atoms with Crippen molar-refractivity contribution in [1.29, 1.82) is 0 Å². The molecule has 0 aliphatic carbocycles. The summed E-state index contributed by atoms with van der Waals surface area (Å²) in [5.41, 5.74) is 2.15. The average Bonchev–Trinajstić information content (AvgIpc) is 2.84. The van der Waals surface area contributed by atoms with Crippen LogP contribution >= 0.6 is 0 Å². The van der Waals surface area contributed by atoms with E-state index < -0.39 is 0 Å². The van der Waals surface area contributed by atoms with Crippen LogP contribution < -0.4 is 10.6 Å². The van der Waals surface area contributed by atoms with E-state index in [2.05, 4.69) is 26.3 Å². The second-order valence-electron chi connectivity index (χ2n) is 6.05. The summed E-state index contributed by atoms with van der Waals surface area (Å²) in [6, 6.07) is 8.12. The van der Waals surface area contributed by atoms with E-state index in [0.717, 1.165) is 49.3 Å². The maximum absolute atomic E-state index is 12.0. The quantitative estimate of drug-likeness (QED) is 0.886. The molecule has 0 atom stereocenters. The number of aromatic nitrogens is 2. The normalized spacial score (nSPS) is 16.0. The molecule has 0 saturated carbocycles. The summed E-state index contributed by atoms with van der Waals surface area (Å²) in [5, 5.41) is 6.38. The Hall–Kier alpha value is -1.88. The Morgan fingerprint density at radius 1 is 1.36 bits per heavy atom. The minimum Gasteiger partial charge on any atom is -0.354 e. The number of benzene rings is 1. The zero-order valence-corrected chi connectivity index (χ0v) is 13.1. The molecule has 2 heterocycles. The number of aryl methyl sites for hydroxylation is 1. The first-order valence-electron chi connectivity index (χ1n) is 8.13. The second-order valence-corrected chi connectivity index (χ2v) is 6.05. The molecule has 2 aromatic rings. The van der Waals surface area contributed by atoms with E-state index in [1.54, 1.807) is 0 Å². The van der Waals surface area contributed by atoms with Crippen LogP contribution in [0.2, 0.25) is 0 Å². The Labute approximate surface area is 131 Å². The van der Waals surface area contributed by atoms with Gasteiger partial charge in [0.05, 0.1) is 11.0 Å². The van der Waals surface area contributed by atoms with Crippen LogP contribution in [0, 0.1) is 12.8 Å². The van der Waals surface area contributed by atoms with Gasteiger partial charge in [-0.15, -0.1) is 0 Å². The summed E-state index contributed by atoms with van der Waals surface area (Å²) in [7, 11) is 0. The molecule has 1 aromatic heterocycles. The Balaban J connectivity index is 1.51. The Kier molecular flexibility index (Phi) is 4.73. The SMILES string of the molecule is Cc1nc2ccccc2n1CCNC(=O)CC1CCNCC1. The highest BCUT2D eigenvalue weighted by Gasteiger charge is 2.16. The van der Waals surface area contributed by atoms with Gasteiger partial charge < -0.3 is 15.2 Å². The van der Waals surface area contributed by atoms with Gasteiger partial charge in [-0.2, -0.15) is 0 Å². The van der Waals surface area contributed by atoms with Gasteiger partial charge in [0.1, 0.15) is 5.82 Å². The molecule has 5 nitrogen and oxygen atoms in total. The maximum Gasteiger partial charge on any atom is 0.220 e. The van der Waals surface area contributed by atoms with Gasteiger partial charge in [-0.3, -0.25) is 4.79 Å². The number of carbonyl (C=O) groups is 1. The number of para-hydroxylation sites is 2. The number of nitrogens with one attached hydrogen (secondary N) is 2. The van der Waals surface area contributed by atoms with Crippen LogP contribution in [-0.4, -0.2) is 35.1 Å². The van der Waals surface area contributed by atoms with Gasteiger partial charge in [-0.1, -0.05) is 12.1 Å². The second kappa shape index (κ2) is 6.92. The van der Waals surface area contributed by atoms with Crippen LogP contribution in [0.1, 0.15) is 25.1 Å². The molecule has 0 spiro atoms. The van der Waals surface area contributed by atoms with E-state index >= 15 is 0 Å². The van der Waals surface area contributed by atoms with Crippen LogP contribution in [0.15, 0.2) is 24.3 Å². The van der Waals surface area contributed by atoms with Crippen molar-refractivity contribution >= 4 is 16.9 Å². The van der Waals surface area contributed by atoms with E-state index in [1.807, 2.05) is 25.1 Å². The van der Waals surface area contributed by atoms with Crippen LogP contribution in [-0.2, 0) is 11.3 Å². The fourth-order valence-corrected chi connectivity index (χ4v) is 3.21. The lowest BCUT2D eigenvalue weighted by atomic mass is 9.94. The third-order valence-electron chi connectivity index (χ3n) is 4.44. The summed E-state index contributed by atoms with van der Waals surface area (Å²) >= 11 is 0. The molecule has 2 N–H and O–H groups in total. The third-order valence-corrected chi connectivity index (χ3v) is 4.44. The van der Waals surface area contributed by atoms with Gasteiger partial charge in [0.2, 0.25) is 5.91 Å². The van der Waals surface area contributed by atoms with Crippen molar-refractivity contribution < 1.29 is 4.79 Å². The smallest absolute Gasteiger partial charge is 0.220 e. The lowest BCUT2D eigenvalue weighted by Crippen LogP contribution is -2.33. The number of fused-ring (bicyclic) bond motifs is 1. The number of carbonyl (C=O) groups excluding carboxylic acids is 1. The van der Waals surface area contributed by atoms with Gasteiger partial charge in [-0.25, -0.2) is 4.98 Å². The molecular weight excluding hydrogens is 276 g/mol. The van der Waals surface area contributed by atoms with E-state index in [4.69, 9.17) is 0 Å². The highest BCUT2D eigenvalue weighted by Crippen LogP contribution is 2.16. The highest BCUT2D eigenvalue weighted by molar-refractivity contribution is 5.77. The molecule has 0 radical (unpaired) electrons.